The molecule has 12 nitrogen and oxygen atoms in total. The van der Waals surface area contributed by atoms with Crippen molar-refractivity contribution in [1.29, 1.82) is 0 Å². The summed E-state index contributed by atoms with van der Waals surface area (Å²) in [4.78, 5) is 43.0. The molecule has 0 aliphatic heterocycles. The maximum absolute atomic E-state index is 13.9. The number of anilines is 1. The van der Waals surface area contributed by atoms with Gasteiger partial charge >= 0.3 is 12.3 Å². The molecule has 3 heterocycles. The van der Waals surface area contributed by atoms with Gasteiger partial charge in [0, 0.05) is 18.3 Å². The van der Waals surface area contributed by atoms with Crippen LogP contribution in [0.5, 0.6) is 0 Å². The molecule has 248 valence electrons. The quantitative estimate of drug-likeness (QED) is 0.178. The van der Waals surface area contributed by atoms with E-state index in [2.05, 4.69) is 30.7 Å². The van der Waals surface area contributed by atoms with E-state index in [4.69, 9.17) is 34.8 Å². The topological polar surface area (TPSA) is 136 Å². The summed E-state index contributed by atoms with van der Waals surface area (Å²) in [5.41, 5.74) is 1.30. The zero-order valence-corrected chi connectivity index (χ0v) is 27.0. The van der Waals surface area contributed by atoms with Crippen molar-refractivity contribution in [3.05, 3.63) is 111 Å². The molecule has 5 rings (SSSR count). The van der Waals surface area contributed by atoms with Crippen LogP contribution in [0.2, 0.25) is 15.1 Å². The summed E-state index contributed by atoms with van der Waals surface area (Å²) in [5.74, 6) is -1.72. The third-order valence-corrected chi connectivity index (χ3v) is 7.45. The number of nitrogens with one attached hydrogen (secondary N) is 2. The standard InChI is InChI=1S/C30H22Cl3F3N8O4/c1-42(29(47)48-2)41-27(45)19-11-17(31)12-21(33)25(19)38-28(46)23-13-18(39-44(23)26-20(32)9-6-10-37-26)15-43-22(16-7-4-3-5-8-16)14-24(40-43)30(34,35)36/h3-14H,15H2,1-2H3,(H,38,46)(H,41,45). The van der Waals surface area contributed by atoms with Crippen molar-refractivity contribution in [3.63, 3.8) is 0 Å². The highest BCUT2D eigenvalue weighted by atomic mass is 35.5. The molecule has 18 heteroatoms. The molecule has 0 aliphatic rings. The van der Waals surface area contributed by atoms with Gasteiger partial charge in [-0.25, -0.2) is 19.5 Å². The third-order valence-electron chi connectivity index (χ3n) is 6.64. The zero-order chi connectivity index (χ0) is 34.7. The molecule has 48 heavy (non-hydrogen) atoms. The summed E-state index contributed by atoms with van der Waals surface area (Å²) in [6.45, 7) is -0.298. The average molecular weight is 722 g/mol. The Balaban J connectivity index is 1.56. The van der Waals surface area contributed by atoms with Crippen LogP contribution in [0.4, 0.5) is 23.7 Å². The number of ether oxygens (including phenoxy) is 1. The fourth-order valence-corrected chi connectivity index (χ4v) is 5.23. The number of rotatable bonds is 7. The summed E-state index contributed by atoms with van der Waals surface area (Å²) in [5, 5.41) is 11.6. The number of hydrogen-bond donors (Lipinski definition) is 2. The van der Waals surface area contributed by atoms with Gasteiger partial charge in [-0.1, -0.05) is 65.1 Å². The summed E-state index contributed by atoms with van der Waals surface area (Å²) >= 11 is 18.9. The van der Waals surface area contributed by atoms with Gasteiger partial charge in [0.25, 0.3) is 11.8 Å². The highest BCUT2D eigenvalue weighted by molar-refractivity contribution is 6.38. The number of nitrogens with zero attached hydrogens (tertiary/aromatic N) is 6. The summed E-state index contributed by atoms with van der Waals surface area (Å²) < 4.78 is 47.9. The fourth-order valence-electron chi connectivity index (χ4n) is 4.49. The van der Waals surface area contributed by atoms with E-state index in [1.165, 1.54) is 37.5 Å². The van der Waals surface area contributed by atoms with Gasteiger partial charge in [-0.05, 0) is 42.0 Å². The van der Waals surface area contributed by atoms with Crippen LogP contribution in [0.15, 0.2) is 72.9 Å². The van der Waals surface area contributed by atoms with Crippen LogP contribution in [0, 0.1) is 0 Å². The smallest absolute Gasteiger partial charge is 0.435 e. The first-order valence-electron chi connectivity index (χ1n) is 13.6. The van der Waals surface area contributed by atoms with Crippen molar-refractivity contribution >= 4 is 58.4 Å². The highest BCUT2D eigenvalue weighted by Gasteiger charge is 2.35. The van der Waals surface area contributed by atoms with E-state index in [9.17, 15) is 27.6 Å². The first kappa shape index (κ1) is 34.2. The zero-order valence-electron chi connectivity index (χ0n) is 24.7. The molecule has 2 aromatic carbocycles. The van der Waals surface area contributed by atoms with Gasteiger partial charge in [-0.15, -0.1) is 0 Å². The van der Waals surface area contributed by atoms with E-state index in [0.717, 1.165) is 27.5 Å². The molecule has 0 spiro atoms. The number of amides is 3. The summed E-state index contributed by atoms with van der Waals surface area (Å²) in [6, 6.07) is 16.1. The molecule has 0 saturated heterocycles. The minimum absolute atomic E-state index is 0.0233. The molecular weight excluding hydrogens is 700 g/mol. The van der Waals surface area contributed by atoms with Crippen LogP contribution in [-0.2, 0) is 17.5 Å². The average Bonchev–Trinajstić information content (AvgIpc) is 3.67. The Morgan fingerprint density at radius 1 is 0.938 bits per heavy atom. The Hall–Kier alpha value is -5.12. The van der Waals surface area contributed by atoms with Crippen LogP contribution in [-0.4, -0.2) is 61.6 Å². The Kier molecular flexibility index (Phi) is 9.93. The number of aromatic nitrogens is 5. The minimum Gasteiger partial charge on any atom is -0.452 e. The second-order valence-electron chi connectivity index (χ2n) is 9.91. The molecule has 0 bridgehead atoms. The molecule has 0 aliphatic carbocycles. The van der Waals surface area contributed by atoms with Crippen molar-refractivity contribution in [1.82, 2.24) is 35.0 Å². The number of hydrogen-bond acceptors (Lipinski definition) is 7. The molecule has 3 aromatic heterocycles. The number of methoxy groups -OCH3 is 1. The van der Waals surface area contributed by atoms with Crippen molar-refractivity contribution in [3.8, 4) is 17.1 Å². The van der Waals surface area contributed by atoms with Crippen LogP contribution >= 0.6 is 34.8 Å². The number of carbonyl (C=O) groups is 3. The van der Waals surface area contributed by atoms with Crippen LogP contribution < -0.4 is 10.7 Å². The maximum atomic E-state index is 13.9. The van der Waals surface area contributed by atoms with E-state index in [0.29, 0.717) is 5.56 Å². The van der Waals surface area contributed by atoms with E-state index in [1.807, 2.05) is 0 Å². The first-order chi connectivity index (χ1) is 22.8. The number of benzene rings is 2. The Bertz CT molecular complexity index is 2020. The Labute approximate surface area is 284 Å². The lowest BCUT2D eigenvalue weighted by atomic mass is 10.1. The Morgan fingerprint density at radius 3 is 2.33 bits per heavy atom. The summed E-state index contributed by atoms with van der Waals surface area (Å²) in [7, 11) is 2.34. The SMILES string of the molecule is COC(=O)N(C)NC(=O)c1cc(Cl)cc(Cl)c1NC(=O)c1cc(Cn2nc(C(F)(F)F)cc2-c2ccccc2)nn1-c1ncccc1Cl. The number of hydrazine groups is 1. The lowest BCUT2D eigenvalue weighted by Gasteiger charge is -2.19. The maximum Gasteiger partial charge on any atom is 0.435 e. The molecule has 5 aromatic rings. The number of carbonyl (C=O) groups excluding carboxylic acids is 3. The van der Waals surface area contributed by atoms with Crippen LogP contribution in [0.25, 0.3) is 17.1 Å². The lowest BCUT2D eigenvalue weighted by molar-refractivity contribution is -0.141. The molecule has 0 saturated carbocycles. The number of pyridine rings is 1. The molecule has 2 N–H and O–H groups in total. The van der Waals surface area contributed by atoms with Crippen molar-refractivity contribution in [2.75, 3.05) is 19.5 Å². The van der Waals surface area contributed by atoms with E-state index in [1.54, 1.807) is 36.4 Å². The highest BCUT2D eigenvalue weighted by Crippen LogP contribution is 2.33. The van der Waals surface area contributed by atoms with Gasteiger partial charge in [0.1, 0.15) is 5.69 Å². The lowest BCUT2D eigenvalue weighted by Crippen LogP contribution is -2.43. The second kappa shape index (κ2) is 13.9. The molecule has 3 amide bonds. The van der Waals surface area contributed by atoms with Gasteiger partial charge < -0.3 is 10.1 Å². The van der Waals surface area contributed by atoms with Crippen molar-refractivity contribution in [2.45, 2.75) is 12.7 Å². The van der Waals surface area contributed by atoms with Gasteiger partial charge in [-0.2, -0.15) is 23.4 Å². The second-order valence-corrected chi connectivity index (χ2v) is 11.2. The largest absolute Gasteiger partial charge is 0.452 e. The number of halogens is 6. The minimum atomic E-state index is -4.73. The van der Waals surface area contributed by atoms with E-state index >= 15 is 0 Å². The van der Waals surface area contributed by atoms with E-state index in [-0.39, 0.29) is 55.8 Å². The fraction of sp³-hybridized carbons (Fsp3) is 0.133. The predicted octanol–water partition coefficient (Wildman–Crippen LogP) is 6.75. The molecular formula is C30H22Cl3F3N8O4. The van der Waals surface area contributed by atoms with E-state index < -0.39 is 29.8 Å². The van der Waals surface area contributed by atoms with Crippen LogP contribution in [0.3, 0.4) is 0 Å². The third kappa shape index (κ3) is 7.38. The number of alkyl halides is 3. The van der Waals surface area contributed by atoms with Crippen molar-refractivity contribution < 1.29 is 32.3 Å². The monoisotopic (exact) mass is 720 g/mol. The van der Waals surface area contributed by atoms with Gasteiger partial charge in [-0.3, -0.25) is 19.7 Å². The van der Waals surface area contributed by atoms with Crippen molar-refractivity contribution in [2.24, 2.45) is 0 Å². The van der Waals surface area contributed by atoms with Gasteiger partial charge in [0.2, 0.25) is 0 Å². The predicted molar refractivity (Wildman–Crippen MR) is 170 cm³/mol. The molecule has 0 unspecified atom stereocenters. The van der Waals surface area contributed by atoms with Gasteiger partial charge in [0.15, 0.2) is 11.5 Å². The molecule has 0 atom stereocenters. The Morgan fingerprint density at radius 2 is 1.67 bits per heavy atom. The van der Waals surface area contributed by atoms with Gasteiger partial charge in [0.05, 0.1) is 46.3 Å². The normalized spacial score (nSPS) is 11.2. The summed E-state index contributed by atoms with van der Waals surface area (Å²) in [6.07, 6.45) is -4.22. The van der Waals surface area contributed by atoms with Crippen LogP contribution in [0.1, 0.15) is 32.2 Å². The first-order valence-corrected chi connectivity index (χ1v) is 14.7. The molecule has 0 fully saturated rings. The molecule has 0 radical (unpaired) electrons.